The lowest BCUT2D eigenvalue weighted by atomic mass is 9.87. The zero-order valence-electron chi connectivity index (χ0n) is 57.5. The average Bonchev–Trinajstić information content (AvgIpc) is 0.756. The molecule has 3 amide bonds. The first-order chi connectivity index (χ1) is 46.7. The van der Waals surface area contributed by atoms with Crippen molar-refractivity contribution >= 4 is 29.7 Å². The molecule has 2 unspecified atom stereocenters. The van der Waals surface area contributed by atoms with E-state index in [1.165, 1.54) is 83.5 Å². The van der Waals surface area contributed by atoms with E-state index in [-0.39, 0.29) is 12.3 Å². The summed E-state index contributed by atoms with van der Waals surface area (Å²) in [6, 6.07) is -4.63. The third-order valence-electron chi connectivity index (χ3n) is 18.8. The molecule has 0 bridgehead atoms. The monoisotopic (exact) mass is 1420 g/mol. The molecule has 98 heavy (non-hydrogen) atoms. The fraction of sp³-hybridized carbons (Fsp3) is 0.924. The van der Waals surface area contributed by atoms with Crippen LogP contribution in [0.15, 0.2) is 0 Å². The van der Waals surface area contributed by atoms with Crippen molar-refractivity contribution in [3.63, 3.8) is 0 Å². The van der Waals surface area contributed by atoms with Gasteiger partial charge in [0.05, 0.1) is 69.5 Å². The van der Waals surface area contributed by atoms with E-state index < -0.39 is 216 Å². The molecule has 572 valence electrons. The van der Waals surface area contributed by atoms with E-state index in [0.29, 0.717) is 19.3 Å². The Hall–Kier alpha value is -3.53. The lowest BCUT2D eigenvalue weighted by Crippen LogP contribution is -2.72. The Balaban J connectivity index is 1.52. The number of aliphatic hydroxyl groups is 14. The third-order valence-corrected chi connectivity index (χ3v) is 18.8. The molecule has 0 aliphatic carbocycles. The van der Waals surface area contributed by atoms with Gasteiger partial charge in [-0.15, -0.1) is 0 Å². The largest absolute Gasteiger partial charge is 0.477 e. The number of nitrogens with one attached hydrogen (secondary N) is 3. The first-order valence-corrected chi connectivity index (χ1v) is 35.5. The number of hydrogen-bond donors (Lipinski definition) is 19. The standard InChI is InChI=1S/C66H119N3O29/c1-5-7-9-11-13-15-17-18-20-21-23-25-27-29-41(76)40(69-48(80)30-28-26-24-22-19-16-14-12-10-8-6-2)37-91-61-55(85)54(84)57(47(36-73)93-61)94-62-56(86)60(52(82)45(34-71)92-62)98-66(64(89)90)32-43(78)50(68-39(4)75)59(97-66)53(83)46(35-72)95-65(63(87)88)31-42(77)49(67-38(3)74)58(96-65)51(81)44(79)33-70/h40-47,49-62,70-73,76-79,81-86H,5-37H2,1-4H3,(H,67,74)(H,68,75)(H,69,80)(H,87,88)(H,89,90)/t40-,41+,42-,43-,44+,45+,46+,47+,49+,50+,51+,52-,53+,54+,55+,56+,57+,58?,59?,60-,61+,62-,65+,66-/m0/s1. The molecule has 4 saturated heterocycles. The zero-order valence-corrected chi connectivity index (χ0v) is 57.5. The molecule has 4 aliphatic heterocycles. The summed E-state index contributed by atoms with van der Waals surface area (Å²) in [5.74, 6) is -13.1. The summed E-state index contributed by atoms with van der Waals surface area (Å²) in [6.07, 6.45) is -15.3. The van der Waals surface area contributed by atoms with E-state index in [0.717, 1.165) is 71.6 Å². The first-order valence-electron chi connectivity index (χ1n) is 35.5. The summed E-state index contributed by atoms with van der Waals surface area (Å²) in [6.45, 7) is 1.14. The number of unbranched alkanes of at least 4 members (excludes halogenated alkanes) is 22. The van der Waals surface area contributed by atoms with Gasteiger partial charge in [-0.1, -0.05) is 162 Å². The van der Waals surface area contributed by atoms with Crippen molar-refractivity contribution in [2.45, 2.75) is 354 Å². The van der Waals surface area contributed by atoms with Gasteiger partial charge in [-0.25, -0.2) is 9.59 Å². The predicted octanol–water partition coefficient (Wildman–Crippen LogP) is -0.997. The Morgan fingerprint density at radius 1 is 0.510 bits per heavy atom. The number of carbonyl (C=O) groups excluding carboxylic acids is 3. The maximum absolute atomic E-state index is 13.6. The van der Waals surface area contributed by atoms with Gasteiger partial charge in [0.1, 0.15) is 85.5 Å². The molecule has 32 nitrogen and oxygen atoms in total. The summed E-state index contributed by atoms with van der Waals surface area (Å²) in [4.78, 5) is 64.8. The molecule has 0 spiro atoms. The fourth-order valence-corrected chi connectivity index (χ4v) is 13.1. The number of rotatable bonds is 49. The normalized spacial score (nSPS) is 32.5. The topological polar surface area (TPSA) is 519 Å². The maximum atomic E-state index is 13.6. The average molecular weight is 1420 g/mol. The van der Waals surface area contributed by atoms with Gasteiger partial charge in [0.25, 0.3) is 11.6 Å². The first kappa shape index (κ1) is 86.9. The number of carboxylic acids is 2. The van der Waals surface area contributed by atoms with E-state index in [1.807, 2.05) is 0 Å². The minimum absolute atomic E-state index is 0.178. The highest BCUT2D eigenvalue weighted by Crippen LogP contribution is 2.41. The number of aliphatic carboxylic acids is 2. The van der Waals surface area contributed by atoms with Gasteiger partial charge in [0.15, 0.2) is 12.6 Å². The van der Waals surface area contributed by atoms with Crippen LogP contribution in [0, 0.1) is 0 Å². The molecule has 24 atom stereocenters. The van der Waals surface area contributed by atoms with E-state index >= 15 is 0 Å². The number of hydrogen-bond acceptors (Lipinski definition) is 27. The van der Waals surface area contributed by atoms with Crippen molar-refractivity contribution in [1.29, 1.82) is 0 Å². The van der Waals surface area contributed by atoms with Crippen molar-refractivity contribution < 1.29 is 144 Å². The van der Waals surface area contributed by atoms with Gasteiger partial charge in [-0.3, -0.25) is 14.4 Å². The van der Waals surface area contributed by atoms with Gasteiger partial charge < -0.3 is 136 Å². The molecule has 32 heteroatoms. The van der Waals surface area contributed by atoms with Crippen LogP contribution in [-0.4, -0.2) is 290 Å². The van der Waals surface area contributed by atoms with Crippen LogP contribution in [0.2, 0.25) is 0 Å². The molecule has 0 aromatic rings. The lowest BCUT2D eigenvalue weighted by Gasteiger charge is -2.51. The summed E-state index contributed by atoms with van der Waals surface area (Å²) in [5, 5.41) is 185. The predicted molar refractivity (Wildman–Crippen MR) is 345 cm³/mol. The third kappa shape index (κ3) is 26.3. The van der Waals surface area contributed by atoms with Gasteiger partial charge in [0, 0.05) is 33.1 Å². The summed E-state index contributed by atoms with van der Waals surface area (Å²) >= 11 is 0. The van der Waals surface area contributed by atoms with Gasteiger partial charge in [0.2, 0.25) is 17.7 Å². The van der Waals surface area contributed by atoms with Crippen molar-refractivity contribution in [1.82, 2.24) is 16.0 Å². The Bertz CT molecular complexity index is 2290. The Kier molecular flexibility index (Phi) is 39.8. The lowest BCUT2D eigenvalue weighted by molar-refractivity contribution is -0.388. The molecular formula is C66H119N3O29. The maximum Gasteiger partial charge on any atom is 0.364 e. The highest BCUT2D eigenvalue weighted by molar-refractivity contribution is 5.78. The van der Waals surface area contributed by atoms with E-state index in [1.54, 1.807) is 0 Å². The molecule has 0 aromatic carbocycles. The van der Waals surface area contributed by atoms with Gasteiger partial charge >= 0.3 is 11.9 Å². The second kappa shape index (κ2) is 44.9. The van der Waals surface area contributed by atoms with Gasteiger partial charge in [-0.05, 0) is 12.8 Å². The van der Waals surface area contributed by atoms with Crippen LogP contribution in [0.25, 0.3) is 0 Å². The molecular weight excluding hydrogens is 1300 g/mol. The van der Waals surface area contributed by atoms with Crippen molar-refractivity contribution in [3.8, 4) is 0 Å². The number of carbonyl (C=O) groups is 5. The van der Waals surface area contributed by atoms with Gasteiger partial charge in [-0.2, -0.15) is 0 Å². The van der Waals surface area contributed by atoms with Crippen LogP contribution in [0.4, 0.5) is 0 Å². The van der Waals surface area contributed by atoms with E-state index in [2.05, 4.69) is 29.8 Å². The molecule has 4 aliphatic rings. The number of aliphatic hydroxyl groups excluding tert-OH is 14. The molecule has 4 rings (SSSR count). The molecule has 0 saturated carbocycles. The second-order valence-corrected chi connectivity index (χ2v) is 26.8. The van der Waals surface area contributed by atoms with Crippen molar-refractivity contribution in [2.24, 2.45) is 0 Å². The van der Waals surface area contributed by atoms with E-state index in [4.69, 9.17) is 37.9 Å². The van der Waals surface area contributed by atoms with Crippen LogP contribution in [-0.2, 0) is 61.9 Å². The van der Waals surface area contributed by atoms with Crippen molar-refractivity contribution in [2.75, 3.05) is 33.0 Å². The highest BCUT2D eigenvalue weighted by atomic mass is 16.8. The molecule has 0 radical (unpaired) electrons. The molecule has 4 fully saturated rings. The van der Waals surface area contributed by atoms with Crippen LogP contribution >= 0.6 is 0 Å². The quantitative estimate of drug-likeness (QED) is 0.0325. The fourth-order valence-electron chi connectivity index (χ4n) is 13.1. The highest BCUT2D eigenvalue weighted by Gasteiger charge is 2.62. The van der Waals surface area contributed by atoms with Crippen LogP contribution in [0.5, 0.6) is 0 Å². The Labute approximate surface area is 574 Å². The zero-order chi connectivity index (χ0) is 72.7. The minimum Gasteiger partial charge on any atom is -0.477 e. The smallest absolute Gasteiger partial charge is 0.364 e. The molecule has 19 N–H and O–H groups in total. The summed E-state index contributed by atoms with van der Waals surface area (Å²) in [5.41, 5.74) is 0. The van der Waals surface area contributed by atoms with Crippen molar-refractivity contribution in [3.05, 3.63) is 0 Å². The van der Waals surface area contributed by atoms with Crippen LogP contribution in [0.3, 0.4) is 0 Å². The molecule has 0 aromatic heterocycles. The SMILES string of the molecule is CCCCCCCCCCCCCCC[C@@H](O)[C@H](CO[C@@H]1O[C@H](CO)[C@@H](O[C@@H]2O[C@H](CO)[C@H](O)[C@H](O[C@]3(C(=O)O)C[C@H](O)[C@@H](NC(C)=O)C([C@H](O)[C@@H](CO)O[C@]4(C(=O)O)C[C@H](O)[C@@H](NC(C)=O)C([C@H](O)[C@H](O)CO)O4)O3)[C@H]2O)[C@H](O)[C@H]1O)NC(=O)CCCCCCCCCCCCC. The van der Waals surface area contributed by atoms with Crippen LogP contribution in [0.1, 0.15) is 207 Å². The molecule has 4 heterocycles. The minimum atomic E-state index is -3.39. The number of ether oxygens (including phenoxy) is 8. The number of amides is 3. The second-order valence-electron chi connectivity index (χ2n) is 26.8. The summed E-state index contributed by atoms with van der Waals surface area (Å²) < 4.78 is 46.4. The van der Waals surface area contributed by atoms with Crippen LogP contribution < -0.4 is 16.0 Å². The van der Waals surface area contributed by atoms with E-state index in [9.17, 15) is 106 Å². The number of carboxylic acid groups (broad SMARTS) is 2. The Morgan fingerprint density at radius 3 is 1.42 bits per heavy atom. The summed E-state index contributed by atoms with van der Waals surface area (Å²) in [7, 11) is 0. The Morgan fingerprint density at radius 2 is 0.959 bits per heavy atom.